The molecule has 3 aromatic rings. The van der Waals surface area contributed by atoms with Gasteiger partial charge in [-0.1, -0.05) is 0 Å². The van der Waals surface area contributed by atoms with Crippen LogP contribution in [-0.4, -0.2) is 15.9 Å². The number of hydrogen-bond donors (Lipinski definition) is 4. The van der Waals surface area contributed by atoms with Gasteiger partial charge in [0.25, 0.3) is 5.91 Å². The van der Waals surface area contributed by atoms with Gasteiger partial charge in [-0.2, -0.15) is 0 Å². The fraction of sp³-hybridized carbons (Fsp3) is 0.0769. The summed E-state index contributed by atoms with van der Waals surface area (Å²) in [6.07, 6.45) is 0. The van der Waals surface area contributed by atoms with E-state index in [4.69, 9.17) is 10.2 Å². The first-order valence-corrected chi connectivity index (χ1v) is 6.88. The molecule has 0 saturated carbocycles. The molecule has 1 aromatic carbocycles. The minimum Gasteiger partial charge on any atom is -0.455 e. The predicted octanol–water partition coefficient (Wildman–Crippen LogP) is 1.92. The minimum absolute atomic E-state index is 0.171. The monoisotopic (exact) mass is 350 g/mol. The van der Waals surface area contributed by atoms with Crippen molar-refractivity contribution in [1.29, 1.82) is 0 Å². The summed E-state index contributed by atoms with van der Waals surface area (Å²) < 4.78 is 5.92. The van der Waals surface area contributed by atoms with E-state index >= 15 is 0 Å². The topological polar surface area (TPSA) is 117 Å². The lowest BCUT2D eigenvalue weighted by molar-refractivity contribution is 0.0995. The molecule has 0 aliphatic carbocycles. The van der Waals surface area contributed by atoms with Crippen LogP contribution in [0.15, 0.2) is 37.9 Å². The van der Waals surface area contributed by atoms with Crippen LogP contribution < -0.4 is 16.7 Å². The van der Waals surface area contributed by atoms with Crippen molar-refractivity contribution in [3.63, 3.8) is 0 Å². The van der Waals surface area contributed by atoms with E-state index < -0.39 is 5.91 Å². The molecule has 108 valence electrons. The number of aromatic amines is 2. The lowest BCUT2D eigenvalue weighted by Gasteiger charge is -2.06. The third kappa shape index (κ3) is 2.63. The van der Waals surface area contributed by atoms with E-state index in [1.165, 1.54) is 0 Å². The zero-order chi connectivity index (χ0) is 15.0. The van der Waals surface area contributed by atoms with E-state index in [0.717, 1.165) is 0 Å². The maximum absolute atomic E-state index is 12.1. The minimum atomic E-state index is -0.396. The molecule has 1 amide bonds. The molecule has 0 aliphatic heterocycles. The maximum Gasteiger partial charge on any atom is 0.323 e. The van der Waals surface area contributed by atoms with Crippen molar-refractivity contribution in [2.75, 3.05) is 5.32 Å². The molecule has 0 unspecified atom stereocenters. The van der Waals surface area contributed by atoms with Crippen molar-refractivity contribution in [1.82, 2.24) is 9.97 Å². The first-order valence-electron chi connectivity index (χ1n) is 6.08. The van der Waals surface area contributed by atoms with E-state index in [0.29, 0.717) is 27.0 Å². The molecule has 0 radical (unpaired) electrons. The van der Waals surface area contributed by atoms with Gasteiger partial charge in [0.1, 0.15) is 5.76 Å². The molecule has 3 rings (SSSR count). The van der Waals surface area contributed by atoms with Crippen LogP contribution in [0.25, 0.3) is 11.0 Å². The fourth-order valence-electron chi connectivity index (χ4n) is 1.95. The predicted molar refractivity (Wildman–Crippen MR) is 81.2 cm³/mol. The Balaban J connectivity index is 1.91. The third-order valence-electron chi connectivity index (χ3n) is 2.94. The number of hydrogen-bond acceptors (Lipinski definition) is 4. The summed E-state index contributed by atoms with van der Waals surface area (Å²) >= 11 is 3.35. The lowest BCUT2D eigenvalue weighted by atomic mass is 10.2. The molecule has 21 heavy (non-hydrogen) atoms. The molecule has 0 saturated heterocycles. The molecule has 5 N–H and O–H groups in total. The van der Waals surface area contributed by atoms with Gasteiger partial charge in [0.15, 0.2) is 5.76 Å². The normalized spacial score (nSPS) is 11.0. The highest BCUT2D eigenvalue weighted by Crippen LogP contribution is 2.27. The summed E-state index contributed by atoms with van der Waals surface area (Å²) in [5, 5.41) is 2.71. The molecular formula is C13H11BrN4O3. The van der Waals surface area contributed by atoms with E-state index in [1.54, 1.807) is 24.3 Å². The second-order valence-electron chi connectivity index (χ2n) is 4.38. The Bertz CT molecular complexity index is 877. The quantitative estimate of drug-likeness (QED) is 0.577. The highest BCUT2D eigenvalue weighted by atomic mass is 79.9. The van der Waals surface area contributed by atoms with Crippen molar-refractivity contribution in [3.8, 4) is 0 Å². The molecule has 8 heteroatoms. The van der Waals surface area contributed by atoms with Gasteiger partial charge < -0.3 is 25.4 Å². The number of benzene rings is 1. The molecule has 0 spiro atoms. The number of furan rings is 1. The molecule has 7 nitrogen and oxygen atoms in total. The van der Waals surface area contributed by atoms with Crippen LogP contribution in [0, 0.1) is 0 Å². The van der Waals surface area contributed by atoms with Gasteiger partial charge in [0.05, 0.1) is 23.3 Å². The largest absolute Gasteiger partial charge is 0.455 e. The van der Waals surface area contributed by atoms with Gasteiger partial charge in [-0.3, -0.25) is 4.79 Å². The Hall–Kier alpha value is -2.32. The van der Waals surface area contributed by atoms with Crippen molar-refractivity contribution >= 4 is 38.6 Å². The number of halogens is 1. The first kappa shape index (κ1) is 13.7. The Morgan fingerprint density at radius 1 is 1.29 bits per heavy atom. The van der Waals surface area contributed by atoms with E-state index in [1.807, 2.05) is 0 Å². The maximum atomic E-state index is 12.1. The Morgan fingerprint density at radius 2 is 2.00 bits per heavy atom. The number of nitrogens with two attached hydrogens (primary N) is 1. The van der Waals surface area contributed by atoms with Gasteiger partial charge in [0, 0.05) is 4.47 Å². The van der Waals surface area contributed by atoms with Gasteiger partial charge in [-0.05, 0) is 40.2 Å². The Morgan fingerprint density at radius 3 is 2.67 bits per heavy atom. The SMILES string of the molecule is NCc1ccc(C(=O)Nc2cc3[nH]c(=O)[nH]c3cc2Br)o1. The smallest absolute Gasteiger partial charge is 0.323 e. The van der Waals surface area contributed by atoms with Gasteiger partial charge in [-0.25, -0.2) is 4.79 Å². The second-order valence-corrected chi connectivity index (χ2v) is 5.24. The van der Waals surface area contributed by atoms with E-state index in [2.05, 4.69) is 31.2 Å². The van der Waals surface area contributed by atoms with E-state index in [9.17, 15) is 9.59 Å². The van der Waals surface area contributed by atoms with Crippen molar-refractivity contribution < 1.29 is 9.21 Å². The Labute approximate surface area is 126 Å². The highest BCUT2D eigenvalue weighted by molar-refractivity contribution is 9.10. The summed E-state index contributed by atoms with van der Waals surface area (Å²) in [6, 6.07) is 6.57. The van der Waals surface area contributed by atoms with Crippen LogP contribution in [-0.2, 0) is 6.54 Å². The zero-order valence-corrected chi connectivity index (χ0v) is 12.3. The molecular weight excluding hydrogens is 340 g/mol. The number of nitrogens with one attached hydrogen (secondary N) is 3. The first-order chi connectivity index (χ1) is 10.1. The van der Waals surface area contributed by atoms with Crippen LogP contribution in [0.4, 0.5) is 5.69 Å². The van der Waals surface area contributed by atoms with Gasteiger partial charge in [-0.15, -0.1) is 0 Å². The summed E-state index contributed by atoms with van der Waals surface area (Å²) in [5.74, 6) is 0.308. The molecule has 0 fully saturated rings. The summed E-state index contributed by atoms with van der Waals surface area (Å²) in [6.45, 7) is 0.230. The standard InChI is InChI=1S/C13H11BrN4O3/c14-7-3-9-10(18-13(20)17-9)4-8(7)16-12(19)11-2-1-6(5-15)21-11/h1-4H,5,15H2,(H,16,19)(H2,17,18,20). The van der Waals surface area contributed by atoms with Crippen LogP contribution in [0.2, 0.25) is 0 Å². The van der Waals surface area contributed by atoms with Gasteiger partial charge in [0.2, 0.25) is 0 Å². The number of carbonyl (C=O) groups is 1. The van der Waals surface area contributed by atoms with Gasteiger partial charge >= 0.3 is 5.69 Å². The number of rotatable bonds is 3. The lowest BCUT2D eigenvalue weighted by Crippen LogP contribution is -2.11. The molecule has 0 atom stereocenters. The number of anilines is 1. The third-order valence-corrected chi connectivity index (χ3v) is 3.59. The molecule has 0 bridgehead atoms. The summed E-state index contributed by atoms with van der Waals surface area (Å²) in [4.78, 5) is 28.6. The van der Waals surface area contributed by atoms with Crippen molar-refractivity contribution in [3.05, 3.63) is 50.7 Å². The fourth-order valence-corrected chi connectivity index (χ4v) is 2.39. The number of carbonyl (C=O) groups excluding carboxylic acids is 1. The molecule has 0 aliphatic rings. The second kappa shape index (κ2) is 5.23. The average molecular weight is 351 g/mol. The van der Waals surface area contributed by atoms with Crippen LogP contribution in [0.5, 0.6) is 0 Å². The summed E-state index contributed by atoms with van der Waals surface area (Å²) in [5.41, 5.74) is 6.89. The van der Waals surface area contributed by atoms with E-state index in [-0.39, 0.29) is 18.0 Å². The zero-order valence-electron chi connectivity index (χ0n) is 10.7. The highest BCUT2D eigenvalue weighted by Gasteiger charge is 2.13. The van der Waals surface area contributed by atoms with Crippen molar-refractivity contribution in [2.24, 2.45) is 5.73 Å². The average Bonchev–Trinajstić information content (AvgIpc) is 3.04. The van der Waals surface area contributed by atoms with Crippen LogP contribution >= 0.6 is 15.9 Å². The number of fused-ring (bicyclic) bond motifs is 1. The number of amides is 1. The number of H-pyrrole nitrogens is 2. The number of aromatic nitrogens is 2. The van der Waals surface area contributed by atoms with Crippen LogP contribution in [0.3, 0.4) is 0 Å². The number of imidazole rings is 1. The molecule has 2 heterocycles. The van der Waals surface area contributed by atoms with Crippen LogP contribution in [0.1, 0.15) is 16.3 Å². The van der Waals surface area contributed by atoms with Crippen molar-refractivity contribution in [2.45, 2.75) is 6.54 Å². The summed E-state index contributed by atoms with van der Waals surface area (Å²) in [7, 11) is 0. The Kier molecular flexibility index (Phi) is 3.40. The molecule has 2 aromatic heterocycles.